The number of benzene rings is 2. The summed E-state index contributed by atoms with van der Waals surface area (Å²) < 4.78 is 44.1. The lowest BCUT2D eigenvalue weighted by atomic mass is 9.87. The van der Waals surface area contributed by atoms with Crippen molar-refractivity contribution in [2.75, 3.05) is 5.32 Å². The zero-order valence-corrected chi connectivity index (χ0v) is 16.1. The van der Waals surface area contributed by atoms with E-state index >= 15 is 0 Å². The third kappa shape index (κ3) is 5.34. The largest absolute Gasteiger partial charge is 0.449 e. The van der Waals surface area contributed by atoms with Crippen LogP contribution in [0.5, 0.6) is 0 Å². The number of anilines is 1. The molecule has 0 saturated carbocycles. The summed E-state index contributed by atoms with van der Waals surface area (Å²) in [5, 5.41) is 2.17. The maximum Gasteiger partial charge on any atom is 0.418 e. The summed E-state index contributed by atoms with van der Waals surface area (Å²) in [6.45, 7) is 7.40. The number of nitrogens with one attached hydrogen (secondary N) is 1. The van der Waals surface area contributed by atoms with Crippen molar-refractivity contribution in [1.82, 2.24) is 0 Å². The highest BCUT2D eigenvalue weighted by atomic mass is 19.4. The minimum atomic E-state index is -4.61. The lowest BCUT2D eigenvalue weighted by Gasteiger charge is -2.19. The monoisotopic (exact) mass is 393 g/mol. The summed E-state index contributed by atoms with van der Waals surface area (Å²) in [6.07, 6.45) is -5.88. The average Bonchev–Trinajstić information content (AvgIpc) is 2.60. The van der Waals surface area contributed by atoms with Gasteiger partial charge in [-0.2, -0.15) is 13.2 Å². The Labute approximate surface area is 161 Å². The van der Waals surface area contributed by atoms with E-state index in [2.05, 4.69) is 5.32 Å². The van der Waals surface area contributed by atoms with Gasteiger partial charge in [-0.05, 0) is 42.2 Å². The fourth-order valence-corrected chi connectivity index (χ4v) is 2.46. The van der Waals surface area contributed by atoms with Gasteiger partial charge in [0.05, 0.1) is 16.8 Å². The number of para-hydroxylation sites is 1. The average molecular weight is 393 g/mol. The van der Waals surface area contributed by atoms with Gasteiger partial charge in [-0.25, -0.2) is 4.79 Å². The fraction of sp³-hybridized carbons (Fsp3) is 0.333. The minimum Gasteiger partial charge on any atom is -0.449 e. The number of rotatable bonds is 4. The number of alkyl halides is 3. The molecule has 150 valence electrons. The van der Waals surface area contributed by atoms with Crippen LogP contribution in [0.15, 0.2) is 48.5 Å². The van der Waals surface area contributed by atoms with Gasteiger partial charge < -0.3 is 10.1 Å². The van der Waals surface area contributed by atoms with Crippen LogP contribution < -0.4 is 5.32 Å². The van der Waals surface area contributed by atoms with Crippen molar-refractivity contribution in [2.45, 2.75) is 45.4 Å². The molecule has 0 fully saturated rings. The summed E-state index contributed by atoms with van der Waals surface area (Å²) in [7, 11) is 0. The first-order valence-corrected chi connectivity index (χ1v) is 8.68. The molecule has 0 saturated heterocycles. The van der Waals surface area contributed by atoms with Gasteiger partial charge in [0.15, 0.2) is 6.10 Å². The van der Waals surface area contributed by atoms with Gasteiger partial charge in [0.1, 0.15) is 0 Å². The second kappa shape index (κ2) is 8.04. The van der Waals surface area contributed by atoms with Crippen LogP contribution in [0.1, 0.15) is 49.2 Å². The van der Waals surface area contributed by atoms with Crippen LogP contribution in [-0.4, -0.2) is 18.0 Å². The number of hydrogen-bond donors (Lipinski definition) is 1. The Kier molecular flexibility index (Phi) is 6.17. The van der Waals surface area contributed by atoms with Gasteiger partial charge in [0.25, 0.3) is 5.91 Å². The molecule has 4 nitrogen and oxygen atoms in total. The van der Waals surface area contributed by atoms with Crippen molar-refractivity contribution < 1.29 is 27.5 Å². The van der Waals surface area contributed by atoms with Gasteiger partial charge in [0, 0.05) is 0 Å². The SMILES string of the molecule is C[C@@H](OC(=O)c1ccc(C(C)(C)C)cc1)C(=O)Nc1ccccc1C(F)(F)F. The number of ether oxygens (including phenoxy) is 1. The molecule has 0 aliphatic heterocycles. The van der Waals surface area contributed by atoms with Gasteiger partial charge >= 0.3 is 12.1 Å². The van der Waals surface area contributed by atoms with E-state index in [1.165, 1.54) is 19.1 Å². The number of hydrogen-bond acceptors (Lipinski definition) is 3. The fourth-order valence-electron chi connectivity index (χ4n) is 2.46. The molecule has 1 atom stereocenters. The summed E-state index contributed by atoms with van der Waals surface area (Å²) in [5.74, 6) is -1.58. The summed E-state index contributed by atoms with van der Waals surface area (Å²) in [5.41, 5.74) is -0.166. The first-order valence-electron chi connectivity index (χ1n) is 8.68. The maximum atomic E-state index is 13.0. The zero-order valence-electron chi connectivity index (χ0n) is 16.1. The standard InChI is InChI=1S/C21H22F3NO3/c1-13(18(26)25-17-8-6-5-7-16(17)21(22,23)24)28-19(27)14-9-11-15(12-10-14)20(2,3)4/h5-13H,1-4H3,(H,25,26)/t13-/m1/s1. The number of carbonyl (C=O) groups excluding carboxylic acids is 2. The Hall–Kier alpha value is -2.83. The van der Waals surface area contributed by atoms with Crippen molar-refractivity contribution in [2.24, 2.45) is 0 Å². The molecule has 0 bridgehead atoms. The Morgan fingerprint density at radius 1 is 0.964 bits per heavy atom. The number of carbonyl (C=O) groups is 2. The predicted octanol–water partition coefficient (Wildman–Crippen LogP) is 5.19. The van der Waals surface area contributed by atoms with Crippen molar-refractivity contribution in [3.63, 3.8) is 0 Å². The third-order valence-electron chi connectivity index (χ3n) is 4.13. The quantitative estimate of drug-likeness (QED) is 0.728. The van der Waals surface area contributed by atoms with Crippen LogP contribution in [0.4, 0.5) is 18.9 Å². The third-order valence-corrected chi connectivity index (χ3v) is 4.13. The van der Waals surface area contributed by atoms with E-state index in [0.717, 1.165) is 17.7 Å². The lowest BCUT2D eigenvalue weighted by molar-refractivity contribution is -0.137. The number of amides is 1. The van der Waals surface area contributed by atoms with Crippen LogP contribution in [-0.2, 0) is 21.1 Å². The van der Waals surface area contributed by atoms with Crippen molar-refractivity contribution in [1.29, 1.82) is 0 Å². The Bertz CT molecular complexity index is 852. The topological polar surface area (TPSA) is 55.4 Å². The van der Waals surface area contributed by atoms with E-state index < -0.39 is 35.4 Å². The smallest absolute Gasteiger partial charge is 0.418 e. The highest BCUT2D eigenvalue weighted by Crippen LogP contribution is 2.34. The van der Waals surface area contributed by atoms with Gasteiger partial charge in [0.2, 0.25) is 0 Å². The molecule has 28 heavy (non-hydrogen) atoms. The zero-order chi connectivity index (χ0) is 21.1. The van der Waals surface area contributed by atoms with E-state index in [4.69, 9.17) is 4.74 Å². The number of halogens is 3. The van der Waals surface area contributed by atoms with Gasteiger partial charge in [-0.1, -0.05) is 45.0 Å². The second-order valence-corrected chi connectivity index (χ2v) is 7.41. The molecular weight excluding hydrogens is 371 g/mol. The molecule has 0 spiro atoms. The van der Waals surface area contributed by atoms with Gasteiger partial charge in [-0.3, -0.25) is 4.79 Å². The van der Waals surface area contributed by atoms with Crippen LogP contribution >= 0.6 is 0 Å². The Morgan fingerprint density at radius 2 is 1.54 bits per heavy atom. The molecule has 2 aromatic rings. The highest BCUT2D eigenvalue weighted by Gasteiger charge is 2.34. The molecule has 2 aromatic carbocycles. The Morgan fingerprint density at radius 3 is 2.07 bits per heavy atom. The van der Waals surface area contributed by atoms with E-state index in [1.807, 2.05) is 20.8 Å². The molecule has 2 rings (SSSR count). The summed E-state index contributed by atoms with van der Waals surface area (Å²) in [6, 6.07) is 11.4. The second-order valence-electron chi connectivity index (χ2n) is 7.41. The molecule has 0 aromatic heterocycles. The first kappa shape index (κ1) is 21.5. The molecular formula is C21H22F3NO3. The predicted molar refractivity (Wildman–Crippen MR) is 100 cm³/mol. The highest BCUT2D eigenvalue weighted by molar-refractivity contribution is 5.97. The maximum absolute atomic E-state index is 13.0. The van der Waals surface area contributed by atoms with Crippen LogP contribution in [0.2, 0.25) is 0 Å². The minimum absolute atomic E-state index is 0.0819. The molecule has 0 aliphatic carbocycles. The van der Waals surface area contributed by atoms with Crippen LogP contribution in [0.25, 0.3) is 0 Å². The Balaban J connectivity index is 2.06. The molecule has 1 N–H and O–H groups in total. The lowest BCUT2D eigenvalue weighted by Crippen LogP contribution is -2.30. The van der Waals surface area contributed by atoms with Crippen LogP contribution in [0.3, 0.4) is 0 Å². The molecule has 1 amide bonds. The van der Waals surface area contributed by atoms with Crippen molar-refractivity contribution in [3.8, 4) is 0 Å². The molecule has 0 radical (unpaired) electrons. The van der Waals surface area contributed by atoms with E-state index in [9.17, 15) is 22.8 Å². The van der Waals surface area contributed by atoms with Crippen molar-refractivity contribution in [3.05, 3.63) is 65.2 Å². The normalized spacial score (nSPS) is 13.0. The molecule has 7 heteroatoms. The molecule has 0 heterocycles. The van der Waals surface area contributed by atoms with Gasteiger partial charge in [-0.15, -0.1) is 0 Å². The van der Waals surface area contributed by atoms with Crippen LogP contribution in [0, 0.1) is 0 Å². The first-order chi connectivity index (χ1) is 12.9. The number of esters is 1. The summed E-state index contributed by atoms with van der Waals surface area (Å²) in [4.78, 5) is 24.4. The summed E-state index contributed by atoms with van der Waals surface area (Å²) >= 11 is 0. The molecule has 0 unspecified atom stereocenters. The molecule has 0 aliphatic rings. The van der Waals surface area contributed by atoms with E-state index in [0.29, 0.717) is 0 Å². The van der Waals surface area contributed by atoms with E-state index in [1.54, 1.807) is 24.3 Å². The van der Waals surface area contributed by atoms with Crippen molar-refractivity contribution >= 4 is 17.6 Å². The van der Waals surface area contributed by atoms with E-state index in [-0.39, 0.29) is 11.0 Å².